The molecule has 0 saturated heterocycles. The first-order valence-electron chi connectivity index (χ1n) is 5.43. The third kappa shape index (κ3) is 2.20. The highest BCUT2D eigenvalue weighted by atomic mass is 16.3. The van der Waals surface area contributed by atoms with Crippen LogP contribution in [0.1, 0.15) is 11.1 Å². The van der Waals surface area contributed by atoms with Gasteiger partial charge in [0.05, 0.1) is 0 Å². The number of benzene rings is 1. The van der Waals surface area contributed by atoms with Crippen molar-refractivity contribution in [3.05, 3.63) is 35.5 Å². The van der Waals surface area contributed by atoms with Crippen molar-refractivity contribution in [2.45, 2.75) is 13.8 Å². The number of hydrogen-bond acceptors (Lipinski definition) is 4. The average Bonchev–Trinajstić information content (AvgIpc) is 2.35. The molecule has 1 aromatic heterocycles. The summed E-state index contributed by atoms with van der Waals surface area (Å²) in [4.78, 5) is 8.61. The molecule has 0 aliphatic carbocycles. The van der Waals surface area contributed by atoms with Crippen molar-refractivity contribution in [2.24, 2.45) is 0 Å². The molecule has 4 nitrogen and oxygen atoms in total. The van der Waals surface area contributed by atoms with Gasteiger partial charge in [-0.3, -0.25) is 0 Å². The molecule has 0 aliphatic rings. The zero-order valence-corrected chi connectivity index (χ0v) is 10.2. The normalized spacial score (nSPS) is 10.3. The number of phenolic OH excluding ortho intramolecular Hbond substituents is 1. The van der Waals surface area contributed by atoms with E-state index in [-0.39, 0.29) is 0 Å². The Hall–Kier alpha value is -2.10. The molecule has 0 spiro atoms. The first-order valence-corrected chi connectivity index (χ1v) is 5.43. The van der Waals surface area contributed by atoms with Crippen LogP contribution in [-0.4, -0.2) is 22.1 Å². The van der Waals surface area contributed by atoms with Gasteiger partial charge >= 0.3 is 0 Å². The second-order valence-corrected chi connectivity index (χ2v) is 3.97. The smallest absolute Gasteiger partial charge is 0.161 e. The van der Waals surface area contributed by atoms with Gasteiger partial charge in [-0.1, -0.05) is 0 Å². The van der Waals surface area contributed by atoms with Gasteiger partial charge in [0.15, 0.2) is 5.82 Å². The molecule has 17 heavy (non-hydrogen) atoms. The van der Waals surface area contributed by atoms with Crippen molar-refractivity contribution >= 4 is 5.82 Å². The molecule has 0 fully saturated rings. The summed E-state index contributed by atoms with van der Waals surface area (Å²) in [6.07, 6.45) is 1.71. The summed E-state index contributed by atoms with van der Waals surface area (Å²) in [6, 6.07) is 5.58. The van der Waals surface area contributed by atoms with Crippen LogP contribution in [0.4, 0.5) is 5.82 Å². The van der Waals surface area contributed by atoms with E-state index < -0.39 is 0 Å². The number of aromatic hydroxyl groups is 1. The molecule has 1 heterocycles. The predicted octanol–water partition coefficient (Wildman–Crippen LogP) is 2.51. The first-order chi connectivity index (χ1) is 8.11. The summed E-state index contributed by atoms with van der Waals surface area (Å²) in [7, 11) is 1.82. The average molecular weight is 229 g/mol. The number of aromatic nitrogens is 2. The van der Waals surface area contributed by atoms with Crippen LogP contribution in [0.5, 0.6) is 5.75 Å². The monoisotopic (exact) mass is 229 g/mol. The number of rotatable bonds is 2. The highest BCUT2D eigenvalue weighted by Gasteiger charge is 2.07. The maximum Gasteiger partial charge on any atom is 0.161 e. The molecule has 0 bridgehead atoms. The van der Waals surface area contributed by atoms with E-state index in [1.807, 2.05) is 39.1 Å². The van der Waals surface area contributed by atoms with E-state index in [4.69, 9.17) is 0 Å². The van der Waals surface area contributed by atoms with E-state index in [0.717, 1.165) is 22.5 Å². The maximum atomic E-state index is 9.73. The molecule has 2 aromatic rings. The Balaban J connectivity index is 2.52. The lowest BCUT2D eigenvalue weighted by molar-refractivity contribution is 0.467. The van der Waals surface area contributed by atoms with Crippen LogP contribution in [0.3, 0.4) is 0 Å². The van der Waals surface area contributed by atoms with Crippen LogP contribution in [0.15, 0.2) is 24.4 Å². The molecular formula is C13H15N3O. The van der Waals surface area contributed by atoms with E-state index in [1.165, 1.54) is 0 Å². The van der Waals surface area contributed by atoms with E-state index in [0.29, 0.717) is 11.6 Å². The summed E-state index contributed by atoms with van der Waals surface area (Å²) < 4.78 is 0. The number of nitrogens with one attached hydrogen (secondary N) is 1. The van der Waals surface area contributed by atoms with Crippen LogP contribution in [-0.2, 0) is 0 Å². The lowest BCUT2D eigenvalue weighted by Crippen LogP contribution is -1.96. The molecule has 88 valence electrons. The van der Waals surface area contributed by atoms with Gasteiger partial charge < -0.3 is 10.4 Å². The minimum atomic E-state index is 0.332. The SMILES string of the molecule is CNc1ccnc(-c2cc(C)c(O)c(C)c2)n1. The maximum absolute atomic E-state index is 9.73. The second-order valence-electron chi connectivity index (χ2n) is 3.97. The number of phenols is 1. The molecule has 1 aromatic carbocycles. The van der Waals surface area contributed by atoms with Gasteiger partial charge in [-0.2, -0.15) is 0 Å². The summed E-state index contributed by atoms with van der Waals surface area (Å²) >= 11 is 0. The number of aryl methyl sites for hydroxylation is 2. The molecule has 2 N–H and O–H groups in total. The van der Waals surface area contributed by atoms with Gasteiger partial charge in [-0.15, -0.1) is 0 Å². The summed E-state index contributed by atoms with van der Waals surface area (Å²) in [5.74, 6) is 1.76. The Bertz CT molecular complexity index is 529. The van der Waals surface area contributed by atoms with Crippen molar-refractivity contribution in [3.63, 3.8) is 0 Å². The highest BCUT2D eigenvalue weighted by Crippen LogP contribution is 2.27. The van der Waals surface area contributed by atoms with E-state index in [1.54, 1.807) is 6.20 Å². The topological polar surface area (TPSA) is 58.0 Å². The Labute approximate surface area is 100 Å². The highest BCUT2D eigenvalue weighted by molar-refractivity contribution is 5.62. The van der Waals surface area contributed by atoms with Gasteiger partial charge in [0.1, 0.15) is 11.6 Å². The van der Waals surface area contributed by atoms with Crippen molar-refractivity contribution in [2.75, 3.05) is 12.4 Å². The lowest BCUT2D eigenvalue weighted by Gasteiger charge is -2.07. The van der Waals surface area contributed by atoms with Crippen molar-refractivity contribution < 1.29 is 5.11 Å². The zero-order chi connectivity index (χ0) is 12.4. The Morgan fingerprint density at radius 2 is 1.82 bits per heavy atom. The molecule has 4 heteroatoms. The summed E-state index contributed by atoms with van der Waals surface area (Å²) in [6.45, 7) is 3.74. The summed E-state index contributed by atoms with van der Waals surface area (Å²) in [5, 5.41) is 12.7. The minimum absolute atomic E-state index is 0.332. The first kappa shape index (κ1) is 11.4. The van der Waals surface area contributed by atoms with Crippen molar-refractivity contribution in [1.29, 1.82) is 0 Å². The van der Waals surface area contributed by atoms with Crippen molar-refractivity contribution in [3.8, 4) is 17.1 Å². The Kier molecular flexibility index (Phi) is 2.95. The molecule has 0 saturated carbocycles. The van der Waals surface area contributed by atoms with Crippen molar-refractivity contribution in [1.82, 2.24) is 9.97 Å². The Morgan fingerprint density at radius 1 is 1.18 bits per heavy atom. The van der Waals surface area contributed by atoms with Gasteiger partial charge in [0, 0.05) is 18.8 Å². The van der Waals surface area contributed by atoms with Crippen LogP contribution >= 0.6 is 0 Å². The fraction of sp³-hybridized carbons (Fsp3) is 0.231. The molecule has 2 rings (SSSR count). The largest absolute Gasteiger partial charge is 0.507 e. The molecule has 0 radical (unpaired) electrons. The fourth-order valence-corrected chi connectivity index (χ4v) is 1.72. The number of anilines is 1. The number of hydrogen-bond donors (Lipinski definition) is 2. The Morgan fingerprint density at radius 3 is 2.41 bits per heavy atom. The quantitative estimate of drug-likeness (QED) is 0.830. The molecule has 0 aliphatic heterocycles. The van der Waals surface area contributed by atoms with Gasteiger partial charge in [0.2, 0.25) is 0 Å². The third-order valence-corrected chi connectivity index (χ3v) is 2.66. The minimum Gasteiger partial charge on any atom is -0.507 e. The molecule has 0 amide bonds. The van der Waals surface area contributed by atoms with E-state index >= 15 is 0 Å². The third-order valence-electron chi connectivity index (χ3n) is 2.66. The van der Waals surface area contributed by atoms with Gasteiger partial charge in [0.25, 0.3) is 0 Å². The standard InChI is InChI=1S/C13H15N3O/c1-8-6-10(7-9(2)12(8)17)13-15-5-4-11(14-3)16-13/h4-7,17H,1-3H3,(H,14,15,16). The number of nitrogens with zero attached hydrogens (tertiary/aromatic N) is 2. The summed E-state index contributed by atoms with van der Waals surface area (Å²) in [5.41, 5.74) is 2.58. The molecule has 0 atom stereocenters. The zero-order valence-electron chi connectivity index (χ0n) is 10.2. The molecular weight excluding hydrogens is 214 g/mol. The van der Waals surface area contributed by atoms with Crippen LogP contribution < -0.4 is 5.32 Å². The fourth-order valence-electron chi connectivity index (χ4n) is 1.72. The lowest BCUT2D eigenvalue weighted by atomic mass is 10.1. The van der Waals surface area contributed by atoms with Crippen LogP contribution in [0.2, 0.25) is 0 Å². The van der Waals surface area contributed by atoms with E-state index in [2.05, 4.69) is 15.3 Å². The predicted molar refractivity (Wildman–Crippen MR) is 68.2 cm³/mol. The van der Waals surface area contributed by atoms with Crippen LogP contribution in [0, 0.1) is 13.8 Å². The van der Waals surface area contributed by atoms with E-state index in [9.17, 15) is 5.11 Å². The molecule has 0 unspecified atom stereocenters. The van der Waals surface area contributed by atoms with Gasteiger partial charge in [-0.25, -0.2) is 9.97 Å². The van der Waals surface area contributed by atoms with Crippen LogP contribution in [0.25, 0.3) is 11.4 Å². The second kappa shape index (κ2) is 4.41. The van der Waals surface area contributed by atoms with Gasteiger partial charge in [-0.05, 0) is 43.2 Å².